The van der Waals surface area contributed by atoms with Gasteiger partial charge in [-0.15, -0.1) is 0 Å². The molecule has 2 unspecified atom stereocenters. The first-order chi connectivity index (χ1) is 9.74. The number of ether oxygens (including phenoxy) is 1. The highest BCUT2D eigenvalue weighted by Crippen LogP contribution is 2.23. The second-order valence-corrected chi connectivity index (χ2v) is 5.39. The smallest absolute Gasteiger partial charge is 0.119 e. The average molecular weight is 274 g/mol. The Morgan fingerprint density at radius 1 is 1.40 bits per heavy atom. The summed E-state index contributed by atoms with van der Waals surface area (Å²) in [5.74, 6) is 1.39. The molecule has 1 heterocycles. The number of hydrogen-bond acceptors (Lipinski definition) is 4. The van der Waals surface area contributed by atoms with Gasteiger partial charge in [0, 0.05) is 12.6 Å². The van der Waals surface area contributed by atoms with E-state index in [1.807, 2.05) is 12.1 Å². The Kier molecular flexibility index (Phi) is 5.40. The molecular formula is C16H22N2O2. The third-order valence-electron chi connectivity index (χ3n) is 4.03. The van der Waals surface area contributed by atoms with Crippen molar-refractivity contribution in [2.45, 2.75) is 25.8 Å². The van der Waals surface area contributed by atoms with Gasteiger partial charge in [0.2, 0.25) is 0 Å². The molecule has 1 N–H and O–H groups in total. The van der Waals surface area contributed by atoms with Gasteiger partial charge < -0.3 is 9.84 Å². The molecule has 2 rings (SSSR count). The molecule has 4 nitrogen and oxygen atoms in total. The fourth-order valence-electron chi connectivity index (χ4n) is 2.74. The molecule has 0 spiro atoms. The lowest BCUT2D eigenvalue weighted by Gasteiger charge is -2.24. The molecule has 0 aliphatic carbocycles. The summed E-state index contributed by atoms with van der Waals surface area (Å²) in [6.07, 6.45) is 2.12. The van der Waals surface area contributed by atoms with E-state index in [0.29, 0.717) is 24.1 Å². The minimum atomic E-state index is 0.248. The number of likely N-dealkylation sites (tertiary alicyclic amines) is 1. The van der Waals surface area contributed by atoms with Gasteiger partial charge in [-0.3, -0.25) is 4.90 Å². The largest absolute Gasteiger partial charge is 0.494 e. The van der Waals surface area contributed by atoms with Gasteiger partial charge in [-0.2, -0.15) is 5.26 Å². The van der Waals surface area contributed by atoms with E-state index < -0.39 is 0 Å². The molecule has 0 bridgehead atoms. The maximum Gasteiger partial charge on any atom is 0.119 e. The minimum Gasteiger partial charge on any atom is -0.494 e. The van der Waals surface area contributed by atoms with E-state index in [4.69, 9.17) is 10.00 Å². The summed E-state index contributed by atoms with van der Waals surface area (Å²) < 4.78 is 5.66. The Hall–Kier alpha value is -1.57. The Morgan fingerprint density at radius 3 is 2.80 bits per heavy atom. The lowest BCUT2D eigenvalue weighted by Crippen LogP contribution is -2.36. The Balaban J connectivity index is 1.70. The average Bonchev–Trinajstić information content (AvgIpc) is 2.84. The topological polar surface area (TPSA) is 56.5 Å². The van der Waals surface area contributed by atoms with Crippen LogP contribution in [0.5, 0.6) is 5.75 Å². The molecule has 0 radical (unpaired) electrons. The number of nitrogens with zero attached hydrogens (tertiary/aromatic N) is 2. The molecule has 1 saturated heterocycles. The molecule has 20 heavy (non-hydrogen) atoms. The van der Waals surface area contributed by atoms with Gasteiger partial charge in [0.25, 0.3) is 0 Å². The molecular weight excluding hydrogens is 252 g/mol. The van der Waals surface area contributed by atoms with Crippen molar-refractivity contribution in [3.63, 3.8) is 0 Å². The highest BCUT2D eigenvalue weighted by atomic mass is 16.5. The molecule has 0 amide bonds. The van der Waals surface area contributed by atoms with Gasteiger partial charge in [0.05, 0.1) is 24.8 Å². The van der Waals surface area contributed by atoms with Crippen LogP contribution in [0, 0.1) is 17.2 Å². The lowest BCUT2D eigenvalue weighted by molar-refractivity contribution is 0.133. The summed E-state index contributed by atoms with van der Waals surface area (Å²) in [4.78, 5) is 2.35. The first kappa shape index (κ1) is 14.8. The van der Waals surface area contributed by atoms with Crippen molar-refractivity contribution in [2.24, 2.45) is 5.92 Å². The molecule has 2 atom stereocenters. The molecule has 1 fully saturated rings. The zero-order chi connectivity index (χ0) is 14.4. The minimum absolute atomic E-state index is 0.248. The number of hydrogen-bond donors (Lipinski definition) is 1. The van der Waals surface area contributed by atoms with E-state index in [1.165, 1.54) is 6.42 Å². The van der Waals surface area contributed by atoms with Gasteiger partial charge in [-0.05, 0) is 49.6 Å². The van der Waals surface area contributed by atoms with Gasteiger partial charge in [0.1, 0.15) is 5.75 Å². The van der Waals surface area contributed by atoms with Crippen LogP contribution in [0.4, 0.5) is 0 Å². The third-order valence-corrected chi connectivity index (χ3v) is 4.03. The van der Waals surface area contributed by atoms with Crippen LogP contribution in [-0.2, 0) is 0 Å². The summed E-state index contributed by atoms with van der Waals surface area (Å²) in [7, 11) is 0. The highest BCUT2D eigenvalue weighted by molar-refractivity contribution is 5.34. The summed E-state index contributed by atoms with van der Waals surface area (Å²) in [6, 6.07) is 9.58. The van der Waals surface area contributed by atoms with Crippen LogP contribution in [0.25, 0.3) is 0 Å². The third kappa shape index (κ3) is 3.72. The van der Waals surface area contributed by atoms with Gasteiger partial charge >= 0.3 is 0 Å². The van der Waals surface area contributed by atoms with Crippen LogP contribution in [0.1, 0.15) is 25.3 Å². The van der Waals surface area contributed by atoms with Crippen molar-refractivity contribution >= 4 is 0 Å². The zero-order valence-corrected chi connectivity index (χ0v) is 12.0. The summed E-state index contributed by atoms with van der Waals surface area (Å²) in [5, 5.41) is 18.1. The van der Waals surface area contributed by atoms with Crippen LogP contribution in [-0.4, -0.2) is 42.4 Å². The molecule has 1 aromatic rings. The first-order valence-corrected chi connectivity index (χ1v) is 7.22. The predicted octanol–water partition coefficient (Wildman–Crippen LogP) is 2.03. The highest BCUT2D eigenvalue weighted by Gasteiger charge is 2.29. The van der Waals surface area contributed by atoms with E-state index in [2.05, 4.69) is 17.9 Å². The summed E-state index contributed by atoms with van der Waals surface area (Å²) in [5.41, 5.74) is 0.647. The normalized spacial score (nSPS) is 22.6. The van der Waals surface area contributed by atoms with Gasteiger partial charge in [0.15, 0.2) is 0 Å². The molecule has 0 saturated carbocycles. The lowest BCUT2D eigenvalue weighted by atomic mass is 10.0. The van der Waals surface area contributed by atoms with Crippen LogP contribution < -0.4 is 4.74 Å². The Morgan fingerprint density at radius 2 is 2.15 bits per heavy atom. The molecule has 4 heteroatoms. The number of aliphatic hydroxyl groups is 1. The molecule has 108 valence electrons. The van der Waals surface area contributed by atoms with Crippen molar-refractivity contribution in [1.29, 1.82) is 5.26 Å². The maximum atomic E-state index is 9.39. The van der Waals surface area contributed by atoms with Gasteiger partial charge in [-0.25, -0.2) is 0 Å². The summed E-state index contributed by atoms with van der Waals surface area (Å²) >= 11 is 0. The van der Waals surface area contributed by atoms with Crippen LogP contribution in [0.15, 0.2) is 24.3 Å². The SMILES string of the molecule is CC1CCN(CCCOc2ccc(C#N)cc2)C1CO. The monoisotopic (exact) mass is 274 g/mol. The van der Waals surface area contributed by atoms with Crippen molar-refractivity contribution in [3.8, 4) is 11.8 Å². The van der Waals surface area contributed by atoms with Crippen molar-refractivity contribution in [1.82, 2.24) is 4.90 Å². The van der Waals surface area contributed by atoms with E-state index >= 15 is 0 Å². The second-order valence-electron chi connectivity index (χ2n) is 5.39. The Labute approximate surface area is 120 Å². The number of rotatable bonds is 6. The van der Waals surface area contributed by atoms with Crippen LogP contribution >= 0.6 is 0 Å². The van der Waals surface area contributed by atoms with E-state index in [1.54, 1.807) is 12.1 Å². The molecule has 1 aliphatic heterocycles. The predicted molar refractivity (Wildman–Crippen MR) is 77.5 cm³/mol. The Bertz CT molecular complexity index is 453. The van der Waals surface area contributed by atoms with Crippen molar-refractivity contribution < 1.29 is 9.84 Å². The van der Waals surface area contributed by atoms with Crippen molar-refractivity contribution in [3.05, 3.63) is 29.8 Å². The first-order valence-electron chi connectivity index (χ1n) is 7.22. The number of nitriles is 1. The number of benzene rings is 1. The molecule has 1 aromatic carbocycles. The zero-order valence-electron chi connectivity index (χ0n) is 12.0. The summed E-state index contributed by atoms with van der Waals surface area (Å²) in [6.45, 7) is 5.15. The fourth-order valence-corrected chi connectivity index (χ4v) is 2.74. The fraction of sp³-hybridized carbons (Fsp3) is 0.562. The maximum absolute atomic E-state index is 9.39. The second kappa shape index (κ2) is 7.28. The van der Waals surface area contributed by atoms with Crippen molar-refractivity contribution in [2.75, 3.05) is 26.3 Å². The van der Waals surface area contributed by atoms with E-state index in [9.17, 15) is 5.11 Å². The standard InChI is InChI=1S/C16H22N2O2/c1-13-7-9-18(16(13)12-19)8-2-10-20-15-5-3-14(11-17)4-6-15/h3-6,13,16,19H,2,7-10,12H2,1H3. The van der Waals surface area contributed by atoms with E-state index in [0.717, 1.165) is 25.3 Å². The van der Waals surface area contributed by atoms with Crippen LogP contribution in [0.2, 0.25) is 0 Å². The van der Waals surface area contributed by atoms with Crippen LogP contribution in [0.3, 0.4) is 0 Å². The van der Waals surface area contributed by atoms with E-state index in [-0.39, 0.29) is 6.61 Å². The number of aliphatic hydroxyl groups excluding tert-OH is 1. The molecule has 0 aromatic heterocycles. The van der Waals surface area contributed by atoms with Gasteiger partial charge in [-0.1, -0.05) is 6.92 Å². The quantitative estimate of drug-likeness (QED) is 0.806. The molecule has 1 aliphatic rings.